The van der Waals surface area contributed by atoms with Crippen molar-refractivity contribution in [1.29, 1.82) is 0 Å². The third kappa shape index (κ3) is 4.69. The predicted octanol–water partition coefficient (Wildman–Crippen LogP) is 0.479. The van der Waals surface area contributed by atoms with E-state index in [1.807, 2.05) is 13.8 Å². The van der Waals surface area contributed by atoms with E-state index in [0.29, 0.717) is 12.8 Å². The van der Waals surface area contributed by atoms with Crippen LogP contribution in [0.2, 0.25) is 0 Å². The van der Waals surface area contributed by atoms with Crippen molar-refractivity contribution in [2.75, 3.05) is 6.26 Å². The maximum absolute atomic E-state index is 10.7. The smallest absolute Gasteiger partial charge is 0.264 e. The lowest BCUT2D eigenvalue weighted by Crippen LogP contribution is -2.37. The molecule has 0 aromatic rings. The quantitative estimate of drug-likeness (QED) is 0.648. The summed E-state index contributed by atoms with van der Waals surface area (Å²) >= 11 is 0. The van der Waals surface area contributed by atoms with Crippen LogP contribution in [0.5, 0.6) is 0 Å². The molecule has 0 amide bonds. The van der Waals surface area contributed by atoms with Crippen molar-refractivity contribution in [3.05, 3.63) is 0 Å². The number of hydrogen-bond donors (Lipinski definition) is 1. The number of rotatable bonds is 5. The summed E-state index contributed by atoms with van der Waals surface area (Å²) in [4.78, 5) is 0. The second-order valence-electron chi connectivity index (χ2n) is 2.82. The molecule has 0 aromatic heterocycles. The second kappa shape index (κ2) is 4.79. The molecule has 74 valence electrons. The molecule has 0 saturated heterocycles. The van der Waals surface area contributed by atoms with Gasteiger partial charge in [-0.15, -0.1) is 0 Å². The van der Waals surface area contributed by atoms with Crippen molar-refractivity contribution in [3.63, 3.8) is 0 Å². The third-order valence-electron chi connectivity index (χ3n) is 1.65. The Morgan fingerprint density at radius 1 is 1.33 bits per heavy atom. The molecule has 0 aliphatic rings. The van der Waals surface area contributed by atoms with Gasteiger partial charge in [0.1, 0.15) is 0 Å². The zero-order valence-electron chi connectivity index (χ0n) is 7.78. The molecular formula is C7H17NO3S. The Kier molecular flexibility index (Phi) is 4.74. The largest absolute Gasteiger partial charge is 0.325 e. The van der Waals surface area contributed by atoms with Crippen LogP contribution in [0, 0.1) is 0 Å². The van der Waals surface area contributed by atoms with Crippen LogP contribution in [-0.4, -0.2) is 26.8 Å². The van der Waals surface area contributed by atoms with Gasteiger partial charge in [-0.1, -0.05) is 13.8 Å². The van der Waals surface area contributed by atoms with E-state index in [1.165, 1.54) is 0 Å². The monoisotopic (exact) mass is 195 g/mol. The molecule has 5 heteroatoms. The Bertz CT molecular complexity index is 213. The highest BCUT2D eigenvalue weighted by atomic mass is 32.2. The van der Waals surface area contributed by atoms with Crippen LogP contribution in [-0.2, 0) is 14.3 Å². The average molecular weight is 195 g/mol. The topological polar surface area (TPSA) is 69.4 Å². The first kappa shape index (κ1) is 11.9. The second-order valence-corrected chi connectivity index (χ2v) is 4.42. The van der Waals surface area contributed by atoms with Crippen LogP contribution in [0.1, 0.15) is 26.7 Å². The van der Waals surface area contributed by atoms with E-state index in [2.05, 4.69) is 0 Å². The highest BCUT2D eigenvalue weighted by molar-refractivity contribution is 7.86. The Labute approximate surface area is 74.2 Å². The van der Waals surface area contributed by atoms with Crippen molar-refractivity contribution in [1.82, 2.24) is 0 Å². The minimum atomic E-state index is -3.37. The molecule has 0 bridgehead atoms. The van der Waals surface area contributed by atoms with Gasteiger partial charge in [-0.25, -0.2) is 0 Å². The van der Waals surface area contributed by atoms with E-state index in [9.17, 15) is 8.42 Å². The zero-order valence-corrected chi connectivity index (χ0v) is 8.60. The van der Waals surface area contributed by atoms with E-state index in [4.69, 9.17) is 9.92 Å². The van der Waals surface area contributed by atoms with Crippen molar-refractivity contribution in [3.8, 4) is 0 Å². The van der Waals surface area contributed by atoms with Gasteiger partial charge in [0, 0.05) is 6.04 Å². The molecule has 0 aromatic carbocycles. The lowest BCUT2D eigenvalue weighted by Gasteiger charge is -2.19. The van der Waals surface area contributed by atoms with E-state index in [-0.39, 0.29) is 12.1 Å². The van der Waals surface area contributed by atoms with Crippen LogP contribution in [0.15, 0.2) is 0 Å². The molecule has 0 radical (unpaired) electrons. The fourth-order valence-electron chi connectivity index (χ4n) is 0.930. The summed E-state index contributed by atoms with van der Waals surface area (Å²) in [6.07, 6.45) is 1.98. The van der Waals surface area contributed by atoms with Crippen LogP contribution in [0.25, 0.3) is 0 Å². The zero-order chi connectivity index (χ0) is 9.78. The van der Waals surface area contributed by atoms with Gasteiger partial charge in [0.05, 0.1) is 12.4 Å². The predicted molar refractivity (Wildman–Crippen MR) is 48.3 cm³/mol. The van der Waals surface area contributed by atoms with Crippen molar-refractivity contribution in [2.45, 2.75) is 38.8 Å². The fraction of sp³-hybridized carbons (Fsp3) is 1.00. The van der Waals surface area contributed by atoms with Gasteiger partial charge < -0.3 is 5.73 Å². The van der Waals surface area contributed by atoms with E-state index >= 15 is 0 Å². The minimum absolute atomic E-state index is 0.204. The van der Waals surface area contributed by atoms with Crippen LogP contribution in [0.4, 0.5) is 0 Å². The molecular weight excluding hydrogens is 178 g/mol. The summed E-state index contributed by atoms with van der Waals surface area (Å²) in [5.41, 5.74) is 5.65. The summed E-state index contributed by atoms with van der Waals surface area (Å²) in [6, 6.07) is -0.204. The molecule has 0 saturated carbocycles. The number of nitrogens with two attached hydrogens (primary N) is 1. The van der Waals surface area contributed by atoms with Crippen LogP contribution >= 0.6 is 0 Å². The third-order valence-corrected chi connectivity index (χ3v) is 2.25. The Morgan fingerprint density at radius 3 is 2.08 bits per heavy atom. The summed E-state index contributed by atoms with van der Waals surface area (Å²) in [6.45, 7) is 3.75. The molecule has 2 atom stereocenters. The highest BCUT2D eigenvalue weighted by Gasteiger charge is 2.19. The lowest BCUT2D eigenvalue weighted by molar-refractivity contribution is 0.173. The van der Waals surface area contributed by atoms with E-state index < -0.39 is 10.1 Å². The molecule has 0 unspecified atom stereocenters. The molecule has 0 spiro atoms. The van der Waals surface area contributed by atoms with Crippen molar-refractivity contribution in [2.24, 2.45) is 5.73 Å². The van der Waals surface area contributed by atoms with Crippen LogP contribution < -0.4 is 5.73 Å². The first-order valence-electron chi connectivity index (χ1n) is 4.04. The van der Waals surface area contributed by atoms with Gasteiger partial charge in [0.25, 0.3) is 10.1 Å². The average Bonchev–Trinajstić information content (AvgIpc) is 1.97. The molecule has 2 N–H and O–H groups in total. The first-order valence-corrected chi connectivity index (χ1v) is 5.86. The SMILES string of the molecule is CC[C@@H](N)[C@H](CC)OS(C)(=O)=O. The Hall–Kier alpha value is -0.130. The molecule has 12 heavy (non-hydrogen) atoms. The summed E-state index contributed by atoms with van der Waals surface area (Å²) in [7, 11) is -3.37. The minimum Gasteiger partial charge on any atom is -0.325 e. The fourth-order valence-corrected chi connectivity index (χ4v) is 1.66. The van der Waals surface area contributed by atoms with Gasteiger partial charge in [-0.05, 0) is 12.8 Å². The molecule has 0 aliphatic carbocycles. The van der Waals surface area contributed by atoms with Crippen molar-refractivity contribution < 1.29 is 12.6 Å². The molecule has 0 heterocycles. The van der Waals surface area contributed by atoms with E-state index in [1.54, 1.807) is 0 Å². The summed E-state index contributed by atoms with van der Waals surface area (Å²) in [5.74, 6) is 0. The molecule has 4 nitrogen and oxygen atoms in total. The highest BCUT2D eigenvalue weighted by Crippen LogP contribution is 2.08. The number of hydrogen-bond acceptors (Lipinski definition) is 4. The van der Waals surface area contributed by atoms with Gasteiger partial charge >= 0.3 is 0 Å². The standard InChI is InChI=1S/C7H17NO3S/c1-4-6(8)7(5-2)11-12(3,9)10/h6-7H,4-5,8H2,1-3H3/t6-,7+/m1/s1. The molecule has 0 aliphatic heterocycles. The maximum Gasteiger partial charge on any atom is 0.264 e. The van der Waals surface area contributed by atoms with Crippen LogP contribution in [0.3, 0.4) is 0 Å². The van der Waals surface area contributed by atoms with E-state index in [0.717, 1.165) is 6.26 Å². The lowest BCUT2D eigenvalue weighted by atomic mass is 10.1. The normalized spacial score (nSPS) is 17.3. The Balaban J connectivity index is 4.18. The van der Waals surface area contributed by atoms with Gasteiger partial charge in [0.2, 0.25) is 0 Å². The molecule has 0 rings (SSSR count). The van der Waals surface area contributed by atoms with Gasteiger partial charge in [-0.3, -0.25) is 4.18 Å². The van der Waals surface area contributed by atoms with Gasteiger partial charge in [0.15, 0.2) is 0 Å². The van der Waals surface area contributed by atoms with Gasteiger partial charge in [-0.2, -0.15) is 8.42 Å². The molecule has 0 fully saturated rings. The first-order chi connectivity index (χ1) is 5.40. The maximum atomic E-state index is 10.7. The Morgan fingerprint density at radius 2 is 1.83 bits per heavy atom. The van der Waals surface area contributed by atoms with Crippen molar-refractivity contribution >= 4 is 10.1 Å². The summed E-state index contributed by atoms with van der Waals surface area (Å²) in [5, 5.41) is 0. The summed E-state index contributed by atoms with van der Waals surface area (Å²) < 4.78 is 26.3.